The van der Waals surface area contributed by atoms with Crippen LogP contribution in [0.25, 0.3) is 22.0 Å². The normalized spacial score (nSPS) is 11.0. The van der Waals surface area contributed by atoms with Gasteiger partial charge in [0.2, 0.25) is 0 Å². The molecule has 6 nitrogen and oxygen atoms in total. The van der Waals surface area contributed by atoms with Crippen LogP contribution in [0.2, 0.25) is 0 Å². The molecule has 0 amide bonds. The van der Waals surface area contributed by atoms with E-state index in [0.717, 1.165) is 33.3 Å². The lowest BCUT2D eigenvalue weighted by Gasteiger charge is -2.05. The topological polar surface area (TPSA) is 73.6 Å². The van der Waals surface area contributed by atoms with Gasteiger partial charge in [-0.1, -0.05) is 6.07 Å². The van der Waals surface area contributed by atoms with Gasteiger partial charge in [0.15, 0.2) is 0 Å². The van der Waals surface area contributed by atoms with Crippen molar-refractivity contribution in [2.24, 2.45) is 7.05 Å². The van der Waals surface area contributed by atoms with Gasteiger partial charge in [-0.25, -0.2) is 0 Å². The number of aromatic nitrogens is 5. The molecule has 0 N–H and O–H groups in total. The first-order valence-electron chi connectivity index (χ1n) is 8.82. The Balaban J connectivity index is 1.49. The zero-order valence-corrected chi connectivity index (χ0v) is 15.0. The van der Waals surface area contributed by atoms with Crippen molar-refractivity contribution in [2.75, 3.05) is 0 Å². The molecule has 0 aliphatic carbocycles. The number of nitrogens with zero attached hydrogens (tertiary/aromatic N) is 5. The number of pyridine rings is 3. The molecular weight excluding hydrogens is 338 g/mol. The van der Waals surface area contributed by atoms with Crippen LogP contribution in [0.1, 0.15) is 17.7 Å². The van der Waals surface area contributed by atoms with Crippen LogP contribution >= 0.6 is 0 Å². The van der Waals surface area contributed by atoms with E-state index < -0.39 is 0 Å². The summed E-state index contributed by atoms with van der Waals surface area (Å²) in [6, 6.07) is 7.88. The molecule has 27 heavy (non-hydrogen) atoms. The summed E-state index contributed by atoms with van der Waals surface area (Å²) in [5.41, 5.74) is 4.66. The molecule has 0 fully saturated rings. The van der Waals surface area contributed by atoms with Gasteiger partial charge in [0.1, 0.15) is 5.78 Å². The van der Waals surface area contributed by atoms with Gasteiger partial charge in [0, 0.05) is 66.9 Å². The molecule has 0 aliphatic heterocycles. The summed E-state index contributed by atoms with van der Waals surface area (Å²) in [5.74, 6) is 0.169. The average molecular weight is 357 g/mol. The Hall–Kier alpha value is -3.41. The molecule has 6 heteroatoms. The second-order valence-corrected chi connectivity index (χ2v) is 6.57. The van der Waals surface area contributed by atoms with Gasteiger partial charge in [-0.3, -0.25) is 24.4 Å². The summed E-state index contributed by atoms with van der Waals surface area (Å²) in [6.07, 6.45) is 12.4. The molecule has 0 atom stereocenters. The van der Waals surface area contributed by atoms with E-state index in [1.165, 1.54) is 0 Å². The number of ketones is 1. The molecule has 4 rings (SSSR count). The highest BCUT2D eigenvalue weighted by Crippen LogP contribution is 2.22. The zero-order valence-electron chi connectivity index (χ0n) is 15.0. The van der Waals surface area contributed by atoms with Crippen molar-refractivity contribution in [1.29, 1.82) is 0 Å². The van der Waals surface area contributed by atoms with Crippen molar-refractivity contribution in [3.63, 3.8) is 0 Å². The molecule has 4 aromatic heterocycles. The smallest absolute Gasteiger partial charge is 0.139 e. The SMILES string of the molecule is Cn1cc(-c2cnc3cnc(CC(=O)CCc4cccnc4)cc3c2)cn1. The lowest BCUT2D eigenvalue weighted by atomic mass is 10.0. The highest BCUT2D eigenvalue weighted by molar-refractivity contribution is 5.85. The molecule has 0 unspecified atom stereocenters. The second kappa shape index (κ2) is 7.45. The molecule has 0 aromatic carbocycles. The summed E-state index contributed by atoms with van der Waals surface area (Å²) in [6.45, 7) is 0. The number of aryl methyl sites for hydroxylation is 2. The van der Waals surface area contributed by atoms with Crippen molar-refractivity contribution < 1.29 is 4.79 Å². The maximum Gasteiger partial charge on any atom is 0.139 e. The van der Waals surface area contributed by atoms with Gasteiger partial charge in [0.05, 0.1) is 17.9 Å². The minimum Gasteiger partial charge on any atom is -0.299 e. The number of carbonyl (C=O) groups is 1. The van der Waals surface area contributed by atoms with Crippen molar-refractivity contribution >= 4 is 16.7 Å². The molecule has 0 bridgehead atoms. The second-order valence-electron chi connectivity index (χ2n) is 6.57. The van der Waals surface area contributed by atoms with Crippen LogP contribution < -0.4 is 0 Å². The van der Waals surface area contributed by atoms with E-state index in [2.05, 4.69) is 26.1 Å². The molecule has 4 heterocycles. The molecule has 0 saturated heterocycles. The van der Waals surface area contributed by atoms with E-state index in [1.807, 2.05) is 43.8 Å². The van der Waals surface area contributed by atoms with Crippen molar-refractivity contribution in [2.45, 2.75) is 19.3 Å². The van der Waals surface area contributed by atoms with E-state index in [4.69, 9.17) is 0 Å². The first-order valence-corrected chi connectivity index (χ1v) is 8.82. The molecule has 0 saturated carbocycles. The van der Waals surface area contributed by atoms with E-state index in [1.54, 1.807) is 23.3 Å². The maximum absolute atomic E-state index is 12.3. The third-order valence-corrected chi connectivity index (χ3v) is 4.46. The van der Waals surface area contributed by atoms with Gasteiger partial charge in [-0.2, -0.15) is 5.10 Å². The van der Waals surface area contributed by atoms with Gasteiger partial charge >= 0.3 is 0 Å². The van der Waals surface area contributed by atoms with Crippen LogP contribution in [0.5, 0.6) is 0 Å². The number of Topliss-reactive ketones (excluding diaryl/α,β-unsaturated/α-hetero) is 1. The summed E-state index contributed by atoms with van der Waals surface area (Å²) in [5, 5.41) is 5.18. The predicted molar refractivity (Wildman–Crippen MR) is 103 cm³/mol. The average Bonchev–Trinajstić information content (AvgIpc) is 3.13. The molecule has 0 aliphatic rings. The van der Waals surface area contributed by atoms with Crippen molar-refractivity contribution in [3.8, 4) is 11.1 Å². The number of hydrogen-bond donors (Lipinski definition) is 0. The largest absolute Gasteiger partial charge is 0.299 e. The summed E-state index contributed by atoms with van der Waals surface area (Å²) in [7, 11) is 1.89. The van der Waals surface area contributed by atoms with Crippen LogP contribution in [0.15, 0.2) is 61.4 Å². The fraction of sp³-hybridized carbons (Fsp3) is 0.190. The van der Waals surface area contributed by atoms with Gasteiger partial charge in [-0.15, -0.1) is 0 Å². The molecule has 0 spiro atoms. The standard InChI is InChI=1S/C21H19N5O/c1-26-14-18(12-25-26)17-7-16-8-19(23-13-21(16)24-11-17)9-20(27)5-4-15-3-2-6-22-10-15/h2-3,6-8,10-14H,4-5,9H2,1H3. The number of carbonyl (C=O) groups excluding carboxylic acids is 1. The Morgan fingerprint density at radius 1 is 1.07 bits per heavy atom. The van der Waals surface area contributed by atoms with Crippen LogP contribution in [0, 0.1) is 0 Å². The minimum absolute atomic E-state index is 0.169. The minimum atomic E-state index is 0.169. The lowest BCUT2D eigenvalue weighted by molar-refractivity contribution is -0.118. The van der Waals surface area contributed by atoms with Gasteiger partial charge in [0.25, 0.3) is 0 Å². The number of rotatable bonds is 6. The highest BCUT2D eigenvalue weighted by Gasteiger charge is 2.08. The molecule has 4 aromatic rings. The van der Waals surface area contributed by atoms with Crippen LogP contribution in [-0.2, 0) is 24.7 Å². The van der Waals surface area contributed by atoms with E-state index in [-0.39, 0.29) is 5.78 Å². The van der Waals surface area contributed by atoms with E-state index >= 15 is 0 Å². The van der Waals surface area contributed by atoms with Crippen LogP contribution in [0.3, 0.4) is 0 Å². The van der Waals surface area contributed by atoms with E-state index in [9.17, 15) is 4.79 Å². The third-order valence-electron chi connectivity index (χ3n) is 4.46. The molecule has 0 radical (unpaired) electrons. The van der Waals surface area contributed by atoms with E-state index in [0.29, 0.717) is 19.3 Å². The predicted octanol–water partition coefficient (Wildman–Crippen LogP) is 3.17. The summed E-state index contributed by atoms with van der Waals surface area (Å²) < 4.78 is 1.76. The Bertz CT molecular complexity index is 1090. The highest BCUT2D eigenvalue weighted by atomic mass is 16.1. The van der Waals surface area contributed by atoms with Gasteiger partial charge < -0.3 is 0 Å². The zero-order chi connectivity index (χ0) is 18.6. The summed E-state index contributed by atoms with van der Waals surface area (Å²) in [4.78, 5) is 25.3. The fourth-order valence-corrected chi connectivity index (χ4v) is 3.02. The lowest BCUT2D eigenvalue weighted by Crippen LogP contribution is -2.06. The van der Waals surface area contributed by atoms with Crippen molar-refractivity contribution in [3.05, 3.63) is 72.7 Å². The quantitative estimate of drug-likeness (QED) is 0.530. The maximum atomic E-state index is 12.3. The van der Waals surface area contributed by atoms with Crippen LogP contribution in [-0.4, -0.2) is 30.5 Å². The molecular formula is C21H19N5O. The summed E-state index contributed by atoms with van der Waals surface area (Å²) >= 11 is 0. The van der Waals surface area contributed by atoms with Gasteiger partial charge in [-0.05, 0) is 30.2 Å². The number of fused-ring (bicyclic) bond motifs is 1. The Labute approximate surface area is 156 Å². The Morgan fingerprint density at radius 3 is 2.78 bits per heavy atom. The Morgan fingerprint density at radius 2 is 2.00 bits per heavy atom. The van der Waals surface area contributed by atoms with Crippen LogP contribution in [0.4, 0.5) is 0 Å². The van der Waals surface area contributed by atoms with Crippen molar-refractivity contribution in [1.82, 2.24) is 24.7 Å². The number of hydrogen-bond acceptors (Lipinski definition) is 5. The third kappa shape index (κ3) is 4.06. The first kappa shape index (κ1) is 17.0. The first-order chi connectivity index (χ1) is 13.2. The monoisotopic (exact) mass is 357 g/mol. The molecule has 134 valence electrons. The Kier molecular flexibility index (Phi) is 4.70. The fourth-order valence-electron chi connectivity index (χ4n) is 3.02.